The van der Waals surface area contributed by atoms with Crippen LogP contribution in [-0.4, -0.2) is 58.9 Å². The molecule has 5 rings (SSSR count). The van der Waals surface area contributed by atoms with Crippen LogP contribution in [0.2, 0.25) is 0 Å². The summed E-state index contributed by atoms with van der Waals surface area (Å²) in [6.45, 7) is 5.25. The van der Waals surface area contributed by atoms with Gasteiger partial charge in [-0.05, 0) is 68.5 Å². The van der Waals surface area contributed by atoms with Gasteiger partial charge in [-0.15, -0.1) is 11.3 Å². The van der Waals surface area contributed by atoms with E-state index in [4.69, 9.17) is 0 Å². The van der Waals surface area contributed by atoms with Crippen LogP contribution in [0, 0.1) is 5.92 Å². The Balaban J connectivity index is 1.43. The Kier molecular flexibility index (Phi) is 8.39. The second kappa shape index (κ2) is 12.1. The van der Waals surface area contributed by atoms with Crippen molar-refractivity contribution in [2.45, 2.75) is 51.2 Å². The Bertz CT molecular complexity index is 1420. The highest BCUT2D eigenvalue weighted by atomic mass is 32.1. The highest BCUT2D eigenvalue weighted by molar-refractivity contribution is 7.10. The first-order valence-electron chi connectivity index (χ1n) is 13.8. The van der Waals surface area contributed by atoms with Crippen LogP contribution in [0.25, 0.3) is 0 Å². The van der Waals surface area contributed by atoms with E-state index < -0.39 is 17.9 Å². The zero-order valence-electron chi connectivity index (χ0n) is 23.1. The third-order valence-electron chi connectivity index (χ3n) is 7.62. The topological polar surface area (TPSA) is 119 Å². The van der Waals surface area contributed by atoms with Crippen LogP contribution >= 0.6 is 11.3 Å². The number of hydrogen-bond acceptors (Lipinski definition) is 6. The van der Waals surface area contributed by atoms with Crippen LogP contribution in [0.4, 0.5) is 11.4 Å². The number of carboxylic acid groups (broad SMARTS) is 1. The molecule has 1 aliphatic carbocycles. The zero-order chi connectivity index (χ0) is 29.1. The molecule has 0 spiro atoms. The number of benzene rings is 2. The maximum Gasteiger partial charge on any atom is 0.305 e. The molecule has 0 bridgehead atoms. The molecule has 2 heterocycles. The molecule has 3 N–H and O–H groups in total. The highest BCUT2D eigenvalue weighted by Gasteiger charge is 2.39. The van der Waals surface area contributed by atoms with Crippen molar-refractivity contribution in [2.24, 2.45) is 5.92 Å². The number of anilines is 2. The molecule has 2 aromatic carbocycles. The van der Waals surface area contributed by atoms with E-state index in [9.17, 15) is 24.3 Å². The molecule has 1 aromatic heterocycles. The number of thiophene rings is 1. The lowest BCUT2D eigenvalue weighted by Gasteiger charge is -2.46. The van der Waals surface area contributed by atoms with E-state index in [1.165, 1.54) is 11.3 Å². The molecule has 10 heteroatoms. The normalized spacial score (nSPS) is 19.4. The van der Waals surface area contributed by atoms with Crippen LogP contribution in [0.5, 0.6) is 0 Å². The predicted octanol–water partition coefficient (Wildman–Crippen LogP) is 4.78. The molecule has 41 heavy (non-hydrogen) atoms. The molecular weight excluding hydrogens is 540 g/mol. The molecule has 2 fully saturated rings. The summed E-state index contributed by atoms with van der Waals surface area (Å²) in [5, 5.41) is 17.1. The first-order chi connectivity index (χ1) is 19.7. The molecule has 9 nitrogen and oxygen atoms in total. The van der Waals surface area contributed by atoms with Gasteiger partial charge >= 0.3 is 5.97 Å². The number of rotatable bonds is 9. The van der Waals surface area contributed by atoms with E-state index in [1.54, 1.807) is 42.5 Å². The largest absolute Gasteiger partial charge is 0.481 e. The summed E-state index contributed by atoms with van der Waals surface area (Å²) in [7, 11) is 0. The van der Waals surface area contributed by atoms with Crippen molar-refractivity contribution in [3.63, 3.8) is 0 Å². The van der Waals surface area contributed by atoms with Crippen molar-refractivity contribution in [3.05, 3.63) is 82.0 Å². The molecule has 3 amide bonds. The second-order valence-electron chi connectivity index (χ2n) is 10.8. The number of carbonyl (C=O) groups excluding carboxylic acids is 3. The highest BCUT2D eigenvalue weighted by Crippen LogP contribution is 2.36. The smallest absolute Gasteiger partial charge is 0.305 e. The van der Waals surface area contributed by atoms with Gasteiger partial charge < -0.3 is 25.5 Å². The third-order valence-corrected chi connectivity index (χ3v) is 8.60. The molecule has 1 saturated carbocycles. The van der Waals surface area contributed by atoms with Crippen LogP contribution in [0.3, 0.4) is 0 Å². The Labute approximate surface area is 243 Å². The quantitative estimate of drug-likeness (QED) is 0.338. The summed E-state index contributed by atoms with van der Waals surface area (Å²) in [6.07, 6.45) is 1.67. The predicted molar refractivity (Wildman–Crippen MR) is 158 cm³/mol. The average Bonchev–Trinajstić information content (AvgIpc) is 3.67. The van der Waals surface area contributed by atoms with Gasteiger partial charge in [-0.1, -0.05) is 24.3 Å². The number of hydrogen-bond donors (Lipinski definition) is 3. The van der Waals surface area contributed by atoms with Gasteiger partial charge in [-0.2, -0.15) is 0 Å². The lowest BCUT2D eigenvalue weighted by molar-refractivity contribution is -0.137. The van der Waals surface area contributed by atoms with Crippen LogP contribution < -0.4 is 15.5 Å². The summed E-state index contributed by atoms with van der Waals surface area (Å²) in [4.78, 5) is 55.8. The minimum Gasteiger partial charge on any atom is -0.481 e. The molecule has 0 radical (unpaired) electrons. The van der Waals surface area contributed by atoms with Crippen molar-refractivity contribution in [3.8, 4) is 0 Å². The average molecular weight is 575 g/mol. The van der Waals surface area contributed by atoms with Gasteiger partial charge in [0.25, 0.3) is 11.8 Å². The van der Waals surface area contributed by atoms with E-state index in [-0.39, 0.29) is 36.2 Å². The number of amides is 3. The Hall–Kier alpha value is -4.18. The van der Waals surface area contributed by atoms with Crippen molar-refractivity contribution in [1.82, 2.24) is 10.2 Å². The lowest BCUT2D eigenvalue weighted by Crippen LogP contribution is -2.58. The van der Waals surface area contributed by atoms with E-state index in [2.05, 4.69) is 22.5 Å². The Morgan fingerprint density at radius 3 is 2.34 bits per heavy atom. The van der Waals surface area contributed by atoms with Crippen molar-refractivity contribution >= 4 is 46.4 Å². The van der Waals surface area contributed by atoms with Crippen LogP contribution in [0.1, 0.15) is 64.7 Å². The lowest BCUT2D eigenvalue weighted by atomic mass is 10.0. The summed E-state index contributed by atoms with van der Waals surface area (Å²) >= 11 is 1.38. The number of aliphatic carboxylic acids is 1. The van der Waals surface area contributed by atoms with Gasteiger partial charge in [0.15, 0.2) is 0 Å². The minimum atomic E-state index is -1.02. The van der Waals surface area contributed by atoms with E-state index >= 15 is 0 Å². The van der Waals surface area contributed by atoms with E-state index in [0.717, 1.165) is 23.4 Å². The molecule has 2 aliphatic rings. The fourth-order valence-corrected chi connectivity index (χ4v) is 6.05. The molecule has 1 saturated heterocycles. The summed E-state index contributed by atoms with van der Waals surface area (Å²) in [6, 6.07) is 16.9. The number of carbonyl (C=O) groups is 4. The summed E-state index contributed by atoms with van der Waals surface area (Å²) < 4.78 is 0. The molecule has 3 unspecified atom stereocenters. The van der Waals surface area contributed by atoms with Gasteiger partial charge in [0.1, 0.15) is 0 Å². The number of nitrogens with one attached hydrogen (secondary N) is 2. The maximum absolute atomic E-state index is 13.4. The van der Waals surface area contributed by atoms with Crippen molar-refractivity contribution in [2.75, 3.05) is 23.3 Å². The molecule has 214 valence electrons. The molecule has 3 aromatic rings. The number of carboxylic acids is 1. The van der Waals surface area contributed by atoms with Crippen molar-refractivity contribution in [1.29, 1.82) is 0 Å². The van der Waals surface area contributed by atoms with Gasteiger partial charge in [0, 0.05) is 47.1 Å². The van der Waals surface area contributed by atoms with E-state index in [0.29, 0.717) is 29.9 Å². The van der Waals surface area contributed by atoms with Gasteiger partial charge in [-0.3, -0.25) is 19.2 Å². The van der Waals surface area contributed by atoms with Gasteiger partial charge in [0.2, 0.25) is 5.91 Å². The Morgan fingerprint density at radius 1 is 0.927 bits per heavy atom. The number of piperazine rings is 1. The first-order valence-corrected chi connectivity index (χ1v) is 14.7. The fourth-order valence-electron chi connectivity index (χ4n) is 5.27. The first kappa shape index (κ1) is 28.4. The van der Waals surface area contributed by atoms with Gasteiger partial charge in [0.05, 0.1) is 23.8 Å². The van der Waals surface area contributed by atoms with Crippen LogP contribution in [-0.2, 0) is 9.59 Å². The molecule has 1 aliphatic heterocycles. The zero-order valence-corrected chi connectivity index (χ0v) is 23.9. The third kappa shape index (κ3) is 6.59. The monoisotopic (exact) mass is 574 g/mol. The van der Waals surface area contributed by atoms with Gasteiger partial charge in [-0.25, -0.2) is 0 Å². The number of nitrogens with zero attached hydrogens (tertiary/aromatic N) is 2. The second-order valence-corrected chi connectivity index (χ2v) is 11.8. The Morgan fingerprint density at radius 2 is 1.68 bits per heavy atom. The summed E-state index contributed by atoms with van der Waals surface area (Å²) in [5.41, 5.74) is 2.00. The fraction of sp³-hybridized carbons (Fsp3) is 0.355. The SMILES string of the molecule is CC1CN(c2ccc(C(=O)NC(CC(=O)O)c3cccs3)cc2NC(=O)c2ccccc2)C(C)CN1C(=O)C1CC1. The molecule has 3 atom stereocenters. The minimum absolute atomic E-state index is 0.0116. The van der Waals surface area contributed by atoms with Crippen molar-refractivity contribution < 1.29 is 24.3 Å². The summed E-state index contributed by atoms with van der Waals surface area (Å²) in [5.74, 6) is -1.40. The standard InChI is InChI=1S/C31H34N4O5S/c1-19-18-35(31(40)22-10-11-22)20(2)17-34(19)26-13-12-23(15-24(26)32-29(38)21-7-4-3-5-8-21)30(39)33-25(16-28(36)37)27-9-6-14-41-27/h3-9,12-15,19-20,22,25H,10-11,16-18H2,1-2H3,(H,32,38)(H,33,39)(H,36,37). The van der Waals surface area contributed by atoms with Crippen LogP contribution in [0.15, 0.2) is 66.0 Å². The maximum atomic E-state index is 13.4. The van der Waals surface area contributed by atoms with E-state index in [1.807, 2.05) is 35.4 Å². The molecular formula is C31H34N4O5S.